The van der Waals surface area contributed by atoms with Gasteiger partial charge < -0.3 is 13.9 Å². The molecule has 0 fully saturated rings. The molecule has 2 aliphatic rings. The lowest BCUT2D eigenvalue weighted by Gasteiger charge is -2.09. The highest BCUT2D eigenvalue weighted by Gasteiger charge is 2.30. The highest BCUT2D eigenvalue weighted by Crippen LogP contribution is 2.34. The van der Waals surface area contributed by atoms with Crippen LogP contribution in [0.2, 0.25) is 0 Å². The quantitative estimate of drug-likeness (QED) is 0.627. The third-order valence-corrected chi connectivity index (χ3v) is 5.20. The van der Waals surface area contributed by atoms with Gasteiger partial charge in [-0.15, -0.1) is 0 Å². The summed E-state index contributed by atoms with van der Waals surface area (Å²) in [4.78, 5) is 24.7. The molecule has 126 valence electrons. The fraction of sp³-hybridized carbons (Fsp3) is 0.474. The molecule has 0 saturated carbocycles. The normalized spacial score (nSPS) is 18.5. The van der Waals surface area contributed by atoms with Crippen molar-refractivity contribution in [3.63, 3.8) is 0 Å². The van der Waals surface area contributed by atoms with Crippen molar-refractivity contribution in [2.75, 3.05) is 6.61 Å². The molecule has 2 aromatic rings. The molecule has 5 heteroatoms. The Bertz CT molecular complexity index is 800. The first-order chi connectivity index (χ1) is 11.7. The Morgan fingerprint density at radius 2 is 1.92 bits per heavy atom. The van der Waals surface area contributed by atoms with Crippen molar-refractivity contribution in [2.24, 2.45) is 0 Å². The van der Waals surface area contributed by atoms with Crippen molar-refractivity contribution in [1.82, 2.24) is 9.13 Å². The van der Waals surface area contributed by atoms with Crippen LogP contribution in [-0.2, 0) is 29.0 Å². The Balaban J connectivity index is 1.58. The lowest BCUT2D eigenvalue weighted by atomic mass is 10.0. The minimum absolute atomic E-state index is 0.0891. The first-order valence-electron chi connectivity index (χ1n) is 8.77. The van der Waals surface area contributed by atoms with Gasteiger partial charge in [-0.05, 0) is 50.5 Å². The predicted molar refractivity (Wildman–Crippen MR) is 89.2 cm³/mol. The SMILES string of the molecule is CCOC(=O)CC1CCn2c(C(=O)c3ccc4n3CCC4)ccc21. The van der Waals surface area contributed by atoms with Gasteiger partial charge in [-0.25, -0.2) is 0 Å². The maximum absolute atomic E-state index is 13.0. The maximum atomic E-state index is 13.0. The summed E-state index contributed by atoms with van der Waals surface area (Å²) in [5, 5.41) is 0. The van der Waals surface area contributed by atoms with Crippen LogP contribution in [0, 0.1) is 0 Å². The third kappa shape index (κ3) is 2.39. The molecular formula is C19H22N2O3. The number of carbonyl (C=O) groups is 2. The molecule has 0 spiro atoms. The van der Waals surface area contributed by atoms with Crippen LogP contribution in [0.1, 0.15) is 59.7 Å². The summed E-state index contributed by atoms with van der Waals surface area (Å²) in [6, 6.07) is 7.92. The summed E-state index contributed by atoms with van der Waals surface area (Å²) in [7, 11) is 0. The molecule has 2 aromatic heterocycles. The average molecular weight is 326 g/mol. The first-order valence-corrected chi connectivity index (χ1v) is 8.77. The molecule has 24 heavy (non-hydrogen) atoms. The second-order valence-corrected chi connectivity index (χ2v) is 6.58. The average Bonchev–Trinajstić information content (AvgIpc) is 3.28. The van der Waals surface area contributed by atoms with Gasteiger partial charge >= 0.3 is 5.97 Å². The molecule has 1 unspecified atom stereocenters. The molecule has 0 amide bonds. The Labute approximate surface area is 141 Å². The van der Waals surface area contributed by atoms with E-state index in [1.54, 1.807) is 0 Å². The number of carbonyl (C=O) groups excluding carboxylic acids is 2. The van der Waals surface area contributed by atoms with Gasteiger partial charge in [0.2, 0.25) is 5.78 Å². The predicted octanol–water partition coefficient (Wildman–Crippen LogP) is 2.91. The van der Waals surface area contributed by atoms with Crippen molar-refractivity contribution in [3.05, 3.63) is 47.0 Å². The highest BCUT2D eigenvalue weighted by atomic mass is 16.5. The number of aromatic nitrogens is 2. The van der Waals surface area contributed by atoms with Crippen LogP contribution in [0.4, 0.5) is 0 Å². The first kappa shape index (κ1) is 15.2. The van der Waals surface area contributed by atoms with E-state index in [-0.39, 0.29) is 17.7 Å². The van der Waals surface area contributed by atoms with E-state index in [9.17, 15) is 9.59 Å². The number of rotatable bonds is 5. The van der Waals surface area contributed by atoms with Gasteiger partial charge in [0, 0.05) is 30.4 Å². The van der Waals surface area contributed by atoms with Gasteiger partial charge in [-0.3, -0.25) is 9.59 Å². The molecule has 2 aliphatic heterocycles. The molecule has 4 rings (SSSR count). The lowest BCUT2D eigenvalue weighted by Crippen LogP contribution is -2.13. The topological polar surface area (TPSA) is 53.2 Å². The Hall–Kier alpha value is -2.30. The minimum Gasteiger partial charge on any atom is -0.466 e. The smallest absolute Gasteiger partial charge is 0.306 e. The van der Waals surface area contributed by atoms with E-state index in [1.165, 1.54) is 5.69 Å². The number of aryl methyl sites for hydroxylation is 1. The van der Waals surface area contributed by atoms with Crippen molar-refractivity contribution in [2.45, 2.75) is 51.6 Å². The van der Waals surface area contributed by atoms with Gasteiger partial charge in [-0.2, -0.15) is 0 Å². The number of ketones is 1. The molecule has 0 saturated heterocycles. The van der Waals surface area contributed by atoms with E-state index in [1.807, 2.05) is 25.1 Å². The van der Waals surface area contributed by atoms with Gasteiger partial charge in [0.1, 0.15) is 0 Å². The van der Waals surface area contributed by atoms with Crippen LogP contribution >= 0.6 is 0 Å². The summed E-state index contributed by atoms with van der Waals surface area (Å²) in [5.41, 5.74) is 3.87. The fourth-order valence-electron chi connectivity index (χ4n) is 4.09. The molecule has 4 heterocycles. The zero-order valence-corrected chi connectivity index (χ0v) is 14.0. The molecular weight excluding hydrogens is 304 g/mol. The van der Waals surface area contributed by atoms with Gasteiger partial charge in [0.25, 0.3) is 0 Å². The Morgan fingerprint density at radius 3 is 2.75 bits per heavy atom. The summed E-state index contributed by atoms with van der Waals surface area (Å²) >= 11 is 0. The summed E-state index contributed by atoms with van der Waals surface area (Å²) in [6.45, 7) is 3.96. The van der Waals surface area contributed by atoms with Crippen LogP contribution in [0.3, 0.4) is 0 Å². The number of fused-ring (bicyclic) bond motifs is 2. The van der Waals surface area contributed by atoms with Crippen LogP contribution in [0.25, 0.3) is 0 Å². The Morgan fingerprint density at radius 1 is 1.12 bits per heavy atom. The standard InChI is InChI=1S/C19H22N2O3/c1-2-24-18(22)12-13-9-11-21-15(13)7-8-17(21)19(23)16-6-5-14-4-3-10-20(14)16/h5-8,13H,2-4,9-12H2,1H3. The van der Waals surface area contributed by atoms with Crippen LogP contribution in [0.5, 0.6) is 0 Å². The van der Waals surface area contributed by atoms with Gasteiger partial charge in [-0.1, -0.05) is 0 Å². The van der Waals surface area contributed by atoms with E-state index >= 15 is 0 Å². The molecule has 0 aromatic carbocycles. The molecule has 0 radical (unpaired) electrons. The number of ether oxygens (including phenoxy) is 1. The van der Waals surface area contributed by atoms with Crippen molar-refractivity contribution >= 4 is 11.8 Å². The molecule has 0 N–H and O–H groups in total. The summed E-state index contributed by atoms with van der Waals surface area (Å²) in [5.74, 6) is 0.0873. The third-order valence-electron chi connectivity index (χ3n) is 5.20. The number of hydrogen-bond acceptors (Lipinski definition) is 3. The number of hydrogen-bond donors (Lipinski definition) is 0. The zero-order chi connectivity index (χ0) is 16.7. The second-order valence-electron chi connectivity index (χ2n) is 6.58. The van der Waals surface area contributed by atoms with Crippen molar-refractivity contribution in [1.29, 1.82) is 0 Å². The van der Waals surface area contributed by atoms with E-state index in [4.69, 9.17) is 4.74 Å². The molecule has 0 bridgehead atoms. The highest BCUT2D eigenvalue weighted by molar-refractivity contribution is 6.07. The van der Waals surface area contributed by atoms with Crippen molar-refractivity contribution < 1.29 is 14.3 Å². The van der Waals surface area contributed by atoms with Crippen LogP contribution in [0.15, 0.2) is 24.3 Å². The van der Waals surface area contributed by atoms with Gasteiger partial charge in [0.15, 0.2) is 0 Å². The lowest BCUT2D eigenvalue weighted by molar-refractivity contribution is -0.143. The Kier molecular flexibility index (Phi) is 3.79. The zero-order valence-electron chi connectivity index (χ0n) is 14.0. The van der Waals surface area contributed by atoms with E-state index < -0.39 is 0 Å². The van der Waals surface area contributed by atoms with E-state index in [0.717, 1.165) is 49.4 Å². The second kappa shape index (κ2) is 5.96. The number of nitrogens with zero attached hydrogens (tertiary/aromatic N) is 2. The molecule has 5 nitrogen and oxygen atoms in total. The summed E-state index contributed by atoms with van der Waals surface area (Å²) < 4.78 is 9.29. The van der Waals surface area contributed by atoms with Crippen LogP contribution < -0.4 is 0 Å². The molecule has 0 aliphatic carbocycles. The number of esters is 1. The minimum atomic E-state index is -0.158. The van der Waals surface area contributed by atoms with Gasteiger partial charge in [0.05, 0.1) is 24.4 Å². The fourth-order valence-corrected chi connectivity index (χ4v) is 4.09. The largest absolute Gasteiger partial charge is 0.466 e. The van der Waals surface area contributed by atoms with Crippen LogP contribution in [-0.4, -0.2) is 27.5 Å². The van der Waals surface area contributed by atoms with E-state index in [0.29, 0.717) is 13.0 Å². The monoisotopic (exact) mass is 326 g/mol. The van der Waals surface area contributed by atoms with E-state index in [2.05, 4.69) is 15.2 Å². The van der Waals surface area contributed by atoms with Crippen molar-refractivity contribution in [3.8, 4) is 0 Å². The summed E-state index contributed by atoms with van der Waals surface area (Å²) in [6.07, 6.45) is 3.46. The molecule has 1 atom stereocenters. The maximum Gasteiger partial charge on any atom is 0.306 e.